The van der Waals surface area contributed by atoms with Crippen molar-refractivity contribution in [3.05, 3.63) is 24.4 Å². The van der Waals surface area contributed by atoms with Crippen LogP contribution >= 0.6 is 0 Å². The van der Waals surface area contributed by atoms with Gasteiger partial charge in [-0.15, -0.1) is 0 Å². The van der Waals surface area contributed by atoms with Crippen molar-refractivity contribution in [2.45, 2.75) is 6.92 Å². The molecule has 0 radical (unpaired) electrons. The van der Waals surface area contributed by atoms with Crippen LogP contribution < -0.4 is 16.3 Å². The molecule has 0 saturated carbocycles. The van der Waals surface area contributed by atoms with Gasteiger partial charge in [-0.1, -0.05) is 0 Å². The molecule has 74 valence electrons. The minimum absolute atomic E-state index is 0.581. The number of hydrogen-bond donors (Lipinski definition) is 2. The predicted octanol–water partition coefficient (Wildman–Crippen LogP) is 1.25. The van der Waals surface area contributed by atoms with Crippen molar-refractivity contribution >= 4 is 22.3 Å². The summed E-state index contributed by atoms with van der Waals surface area (Å²) in [5.41, 5.74) is 13.5. The van der Waals surface area contributed by atoms with Crippen molar-refractivity contribution < 1.29 is 4.84 Å². The van der Waals surface area contributed by atoms with Crippen LogP contribution in [0, 0.1) is 0 Å². The molecular formula is C10H13N3O. The molecule has 0 unspecified atom stereocenters. The van der Waals surface area contributed by atoms with E-state index in [1.807, 2.05) is 31.3 Å². The average Bonchev–Trinajstić information content (AvgIpc) is 2.51. The number of aromatic nitrogens is 1. The van der Waals surface area contributed by atoms with Crippen LogP contribution in [0.15, 0.2) is 24.4 Å². The standard InChI is InChI=1S/C10H13N3O/c1-2-14-13-4-3-7-5-8(11)9(12)6-10(7)13/h3-6H,2,11-12H2,1H3. The number of fused-ring (bicyclic) bond motifs is 1. The number of nitrogens with two attached hydrogens (primary N) is 2. The Bertz CT molecular complexity index is 462. The third-order valence-corrected chi connectivity index (χ3v) is 2.13. The van der Waals surface area contributed by atoms with Crippen molar-refractivity contribution in [2.75, 3.05) is 18.1 Å². The maximum atomic E-state index is 5.72. The molecule has 0 fully saturated rings. The summed E-state index contributed by atoms with van der Waals surface area (Å²) in [7, 11) is 0. The lowest BCUT2D eigenvalue weighted by Crippen LogP contribution is -2.08. The summed E-state index contributed by atoms with van der Waals surface area (Å²) in [6.45, 7) is 2.56. The van der Waals surface area contributed by atoms with Gasteiger partial charge in [0.1, 0.15) is 6.61 Å². The first-order valence-corrected chi connectivity index (χ1v) is 4.51. The van der Waals surface area contributed by atoms with Crippen LogP contribution in [-0.4, -0.2) is 11.3 Å². The Morgan fingerprint density at radius 2 is 2.00 bits per heavy atom. The SMILES string of the molecule is CCOn1ccc2cc(N)c(N)cc21. The highest BCUT2D eigenvalue weighted by Gasteiger charge is 2.04. The Hall–Kier alpha value is -1.84. The highest BCUT2D eigenvalue weighted by molar-refractivity contribution is 5.88. The molecular weight excluding hydrogens is 178 g/mol. The number of benzene rings is 1. The van der Waals surface area contributed by atoms with E-state index in [4.69, 9.17) is 16.3 Å². The first kappa shape index (κ1) is 8.74. The first-order valence-electron chi connectivity index (χ1n) is 4.51. The Labute approximate surface area is 82.0 Å². The fourth-order valence-electron chi connectivity index (χ4n) is 1.44. The van der Waals surface area contributed by atoms with Crippen LogP contribution in [0.1, 0.15) is 6.92 Å². The minimum atomic E-state index is 0.581. The molecule has 14 heavy (non-hydrogen) atoms. The van der Waals surface area contributed by atoms with E-state index in [0.717, 1.165) is 10.9 Å². The maximum Gasteiger partial charge on any atom is 0.112 e. The van der Waals surface area contributed by atoms with Crippen molar-refractivity contribution in [3.63, 3.8) is 0 Å². The lowest BCUT2D eigenvalue weighted by Gasteiger charge is -2.06. The Balaban J connectivity index is 2.61. The van der Waals surface area contributed by atoms with Gasteiger partial charge in [0.2, 0.25) is 0 Å². The van der Waals surface area contributed by atoms with E-state index in [0.29, 0.717) is 18.0 Å². The molecule has 0 aliphatic heterocycles. The highest BCUT2D eigenvalue weighted by Crippen LogP contribution is 2.23. The van der Waals surface area contributed by atoms with Gasteiger partial charge in [-0.3, -0.25) is 0 Å². The third-order valence-electron chi connectivity index (χ3n) is 2.13. The van der Waals surface area contributed by atoms with E-state index in [9.17, 15) is 0 Å². The molecule has 0 spiro atoms. The van der Waals surface area contributed by atoms with Crippen LogP contribution in [0.2, 0.25) is 0 Å². The molecule has 0 amide bonds. The number of rotatable bonds is 2. The lowest BCUT2D eigenvalue weighted by atomic mass is 10.2. The smallest absolute Gasteiger partial charge is 0.112 e. The van der Waals surface area contributed by atoms with Gasteiger partial charge in [0.05, 0.1) is 16.9 Å². The zero-order valence-corrected chi connectivity index (χ0v) is 8.03. The molecule has 4 nitrogen and oxygen atoms in total. The second kappa shape index (κ2) is 3.14. The summed E-state index contributed by atoms with van der Waals surface area (Å²) >= 11 is 0. The number of anilines is 2. The number of nitrogens with zero attached hydrogens (tertiary/aromatic N) is 1. The van der Waals surface area contributed by atoms with Gasteiger partial charge < -0.3 is 16.3 Å². The van der Waals surface area contributed by atoms with Crippen molar-refractivity contribution in [2.24, 2.45) is 0 Å². The van der Waals surface area contributed by atoms with Crippen LogP contribution in [0.25, 0.3) is 10.9 Å². The molecule has 0 aliphatic carbocycles. The van der Waals surface area contributed by atoms with Gasteiger partial charge in [0.25, 0.3) is 0 Å². The van der Waals surface area contributed by atoms with Gasteiger partial charge >= 0.3 is 0 Å². The second-order valence-electron chi connectivity index (χ2n) is 3.10. The summed E-state index contributed by atoms with van der Waals surface area (Å²) in [5.74, 6) is 0. The minimum Gasteiger partial charge on any atom is -0.414 e. The molecule has 0 saturated heterocycles. The summed E-state index contributed by atoms with van der Waals surface area (Å²) in [6, 6.07) is 5.61. The topological polar surface area (TPSA) is 66.2 Å². The van der Waals surface area contributed by atoms with E-state index in [1.54, 1.807) is 4.73 Å². The van der Waals surface area contributed by atoms with E-state index in [2.05, 4.69) is 0 Å². The molecule has 0 atom stereocenters. The zero-order valence-electron chi connectivity index (χ0n) is 8.03. The van der Waals surface area contributed by atoms with Gasteiger partial charge in [0, 0.05) is 11.6 Å². The Morgan fingerprint density at radius 1 is 1.29 bits per heavy atom. The van der Waals surface area contributed by atoms with E-state index >= 15 is 0 Å². The quantitative estimate of drug-likeness (QED) is 0.702. The van der Waals surface area contributed by atoms with Crippen molar-refractivity contribution in [1.82, 2.24) is 4.73 Å². The molecule has 4 heteroatoms. The summed E-state index contributed by atoms with van der Waals surface area (Å²) < 4.78 is 1.70. The van der Waals surface area contributed by atoms with E-state index < -0.39 is 0 Å². The zero-order chi connectivity index (χ0) is 10.1. The molecule has 1 aromatic heterocycles. The Kier molecular flexibility index (Phi) is 1.96. The number of hydrogen-bond acceptors (Lipinski definition) is 3. The largest absolute Gasteiger partial charge is 0.414 e. The van der Waals surface area contributed by atoms with Crippen LogP contribution in [0.5, 0.6) is 0 Å². The van der Waals surface area contributed by atoms with Crippen LogP contribution in [0.3, 0.4) is 0 Å². The van der Waals surface area contributed by atoms with E-state index in [-0.39, 0.29) is 0 Å². The summed E-state index contributed by atoms with van der Waals surface area (Å²) in [4.78, 5) is 5.37. The van der Waals surface area contributed by atoms with Crippen LogP contribution in [0.4, 0.5) is 11.4 Å². The molecule has 1 aromatic carbocycles. The predicted molar refractivity (Wildman–Crippen MR) is 57.9 cm³/mol. The molecule has 4 N–H and O–H groups in total. The first-order chi connectivity index (χ1) is 6.72. The highest BCUT2D eigenvalue weighted by atomic mass is 16.7. The fraction of sp³-hybridized carbons (Fsp3) is 0.200. The maximum absolute atomic E-state index is 5.72. The molecule has 0 bridgehead atoms. The fourth-order valence-corrected chi connectivity index (χ4v) is 1.44. The van der Waals surface area contributed by atoms with Gasteiger partial charge in [-0.25, -0.2) is 0 Å². The summed E-state index contributed by atoms with van der Waals surface area (Å²) in [5, 5.41) is 1.03. The Morgan fingerprint density at radius 3 is 2.71 bits per heavy atom. The molecule has 1 heterocycles. The monoisotopic (exact) mass is 191 g/mol. The number of nitrogen functional groups attached to an aromatic ring is 2. The normalized spacial score (nSPS) is 10.6. The lowest BCUT2D eigenvalue weighted by molar-refractivity contribution is 0.132. The van der Waals surface area contributed by atoms with E-state index in [1.165, 1.54) is 0 Å². The van der Waals surface area contributed by atoms with Crippen molar-refractivity contribution in [3.8, 4) is 0 Å². The summed E-state index contributed by atoms with van der Waals surface area (Å²) in [6.07, 6.45) is 1.85. The van der Waals surface area contributed by atoms with Gasteiger partial charge in [-0.2, -0.15) is 4.73 Å². The molecule has 2 aromatic rings. The van der Waals surface area contributed by atoms with Gasteiger partial charge in [0.15, 0.2) is 0 Å². The van der Waals surface area contributed by atoms with Crippen LogP contribution in [-0.2, 0) is 0 Å². The van der Waals surface area contributed by atoms with Gasteiger partial charge in [-0.05, 0) is 25.1 Å². The second-order valence-corrected chi connectivity index (χ2v) is 3.10. The molecule has 0 aliphatic rings. The van der Waals surface area contributed by atoms with Crippen molar-refractivity contribution in [1.29, 1.82) is 0 Å². The average molecular weight is 191 g/mol. The third kappa shape index (κ3) is 1.25. The molecule has 2 rings (SSSR count).